The average Bonchev–Trinajstić information content (AvgIpc) is 2.20. The number of rotatable bonds is 1. The van der Waals surface area contributed by atoms with E-state index in [4.69, 9.17) is 0 Å². The lowest BCUT2D eigenvalue weighted by Gasteiger charge is -2.20. The summed E-state index contributed by atoms with van der Waals surface area (Å²) in [5.74, 6) is 0. The van der Waals surface area contributed by atoms with E-state index < -0.39 is 0 Å². The third-order valence-corrected chi connectivity index (χ3v) is 3.71. The Balaban J connectivity index is 1.87. The summed E-state index contributed by atoms with van der Waals surface area (Å²) in [5, 5.41) is 0. The Hall–Kier alpha value is -1.30. The molecule has 0 amide bonds. The third kappa shape index (κ3) is 1.84. The molecule has 0 nitrogen and oxygen atoms in total. The number of hydrogen-bond acceptors (Lipinski definition) is 0. The van der Waals surface area contributed by atoms with Gasteiger partial charge in [-0.15, -0.1) is 0 Å². The summed E-state index contributed by atoms with van der Waals surface area (Å²) in [5.41, 5.74) is 6.17. The number of allylic oxidation sites excluding steroid dienone is 4. The van der Waals surface area contributed by atoms with Gasteiger partial charge in [0.05, 0.1) is 0 Å². The predicted octanol–water partition coefficient (Wildman–Crippen LogP) is 4.30. The highest BCUT2D eigenvalue weighted by molar-refractivity contribution is 5.67. The first kappa shape index (κ1) is 9.89. The summed E-state index contributed by atoms with van der Waals surface area (Å²) in [6.45, 7) is 0. The van der Waals surface area contributed by atoms with Crippen LogP contribution in [0.3, 0.4) is 0 Å². The zero-order valence-corrected chi connectivity index (χ0v) is 9.71. The van der Waals surface area contributed by atoms with Gasteiger partial charge in [0, 0.05) is 0 Å². The van der Waals surface area contributed by atoms with E-state index in [0.29, 0.717) is 0 Å². The molecular weight excluding hydrogens is 192 g/mol. The zero-order chi connectivity index (χ0) is 10.8. The fourth-order valence-electron chi connectivity index (χ4n) is 2.59. The maximum Gasteiger partial charge on any atom is -0.0225 e. The first-order chi connectivity index (χ1) is 7.93. The Morgan fingerprint density at radius 2 is 1.62 bits per heavy atom. The molecule has 0 spiro atoms. The highest BCUT2D eigenvalue weighted by Crippen LogP contribution is 2.29. The van der Waals surface area contributed by atoms with Crippen LogP contribution in [0, 0.1) is 0 Å². The Morgan fingerprint density at radius 1 is 0.750 bits per heavy atom. The van der Waals surface area contributed by atoms with Crippen molar-refractivity contribution in [1.29, 1.82) is 0 Å². The lowest BCUT2D eigenvalue weighted by molar-refractivity contribution is 0.837. The Kier molecular flexibility index (Phi) is 2.65. The molecule has 0 saturated heterocycles. The van der Waals surface area contributed by atoms with Gasteiger partial charge in [0.25, 0.3) is 0 Å². The van der Waals surface area contributed by atoms with Gasteiger partial charge in [-0.2, -0.15) is 0 Å². The number of hydrogen-bond donors (Lipinski definition) is 0. The van der Waals surface area contributed by atoms with Crippen LogP contribution < -0.4 is 0 Å². The summed E-state index contributed by atoms with van der Waals surface area (Å²) in [6.07, 6.45) is 14.5. The molecule has 0 fully saturated rings. The Bertz CT molecular complexity index is 449. The maximum absolute atomic E-state index is 2.43. The van der Waals surface area contributed by atoms with Crippen LogP contribution in [0.25, 0.3) is 5.57 Å². The van der Waals surface area contributed by atoms with E-state index in [1.807, 2.05) is 0 Å². The van der Waals surface area contributed by atoms with Gasteiger partial charge in [-0.3, -0.25) is 0 Å². The molecule has 0 radical (unpaired) electrons. The third-order valence-electron chi connectivity index (χ3n) is 3.71. The van der Waals surface area contributed by atoms with Gasteiger partial charge in [0.1, 0.15) is 0 Å². The summed E-state index contributed by atoms with van der Waals surface area (Å²) in [4.78, 5) is 0. The molecule has 0 atom stereocenters. The second kappa shape index (κ2) is 4.29. The van der Waals surface area contributed by atoms with Crippen molar-refractivity contribution in [3.63, 3.8) is 0 Å². The summed E-state index contributed by atoms with van der Waals surface area (Å²) in [6, 6.07) is 7.05. The maximum atomic E-state index is 2.43. The fraction of sp³-hybridized carbons (Fsp3) is 0.375. The minimum absolute atomic E-state index is 1.20. The molecule has 3 rings (SSSR count). The van der Waals surface area contributed by atoms with E-state index in [1.54, 1.807) is 16.7 Å². The first-order valence-electron chi connectivity index (χ1n) is 6.40. The van der Waals surface area contributed by atoms with Crippen LogP contribution in [0.1, 0.15) is 42.4 Å². The van der Waals surface area contributed by atoms with Crippen molar-refractivity contribution in [2.45, 2.75) is 38.5 Å². The number of fused-ring (bicyclic) bond motifs is 1. The van der Waals surface area contributed by atoms with Gasteiger partial charge in [-0.25, -0.2) is 0 Å². The van der Waals surface area contributed by atoms with Crippen LogP contribution in [0.15, 0.2) is 36.4 Å². The van der Waals surface area contributed by atoms with Crippen LogP contribution in [0.4, 0.5) is 0 Å². The van der Waals surface area contributed by atoms with Crippen LogP contribution >= 0.6 is 0 Å². The van der Waals surface area contributed by atoms with E-state index in [-0.39, 0.29) is 0 Å². The normalized spacial score (nSPS) is 24.4. The molecule has 82 valence electrons. The minimum Gasteiger partial charge on any atom is -0.0882 e. The van der Waals surface area contributed by atoms with Crippen molar-refractivity contribution in [3.05, 3.63) is 53.1 Å². The van der Waals surface area contributed by atoms with Gasteiger partial charge in [0.2, 0.25) is 0 Å². The van der Waals surface area contributed by atoms with Gasteiger partial charge in [-0.1, -0.05) is 36.4 Å². The lowest BCUT2D eigenvalue weighted by atomic mass is 9.85. The molecule has 0 N–H and O–H groups in total. The Morgan fingerprint density at radius 3 is 2.44 bits per heavy atom. The number of aryl methyl sites for hydroxylation is 2. The molecule has 2 aliphatic carbocycles. The van der Waals surface area contributed by atoms with E-state index in [2.05, 4.69) is 36.4 Å². The summed E-state index contributed by atoms with van der Waals surface area (Å²) >= 11 is 0. The smallest absolute Gasteiger partial charge is 0.0225 e. The highest BCUT2D eigenvalue weighted by Gasteiger charge is 2.13. The zero-order valence-electron chi connectivity index (χ0n) is 9.71. The number of benzene rings is 1. The molecule has 0 aliphatic heterocycles. The Labute approximate surface area is 97.7 Å². The monoisotopic (exact) mass is 210 g/mol. The molecular formula is C16H18. The molecule has 1 aromatic carbocycles. The van der Waals surface area contributed by atoms with Gasteiger partial charge < -0.3 is 0 Å². The molecule has 0 heteroatoms. The fourth-order valence-corrected chi connectivity index (χ4v) is 2.59. The largest absolute Gasteiger partial charge is 0.0882 e. The molecule has 2 aliphatic rings. The molecule has 0 bridgehead atoms. The molecule has 16 heavy (non-hydrogen) atoms. The van der Waals surface area contributed by atoms with Crippen LogP contribution in [0.2, 0.25) is 0 Å². The standard InChI is InChI=1S/C16H18/c1-2-4-6-13(7-5-3-1)15-10-8-14-9-11-16(14)12-15/h1-2,7-8,10,12H,3-6,9,11H2/b2-1-,13-7+. The predicted molar refractivity (Wildman–Crippen MR) is 69.4 cm³/mol. The second-order valence-electron chi connectivity index (χ2n) is 4.80. The minimum atomic E-state index is 1.20. The van der Waals surface area contributed by atoms with Crippen molar-refractivity contribution in [2.75, 3.05) is 0 Å². The molecule has 0 saturated carbocycles. The van der Waals surface area contributed by atoms with Crippen molar-refractivity contribution < 1.29 is 0 Å². The molecule has 0 unspecified atom stereocenters. The SMILES string of the molecule is C1=C\CC/C(c2ccc3c(c2)CC3)=C\CC/1. The van der Waals surface area contributed by atoms with E-state index >= 15 is 0 Å². The van der Waals surface area contributed by atoms with Crippen LogP contribution in [0.5, 0.6) is 0 Å². The molecule has 1 aromatic rings. The topological polar surface area (TPSA) is 0 Å². The first-order valence-corrected chi connectivity index (χ1v) is 6.40. The summed E-state index contributed by atoms with van der Waals surface area (Å²) < 4.78 is 0. The van der Waals surface area contributed by atoms with Crippen LogP contribution in [-0.2, 0) is 12.8 Å². The van der Waals surface area contributed by atoms with Crippen molar-refractivity contribution in [1.82, 2.24) is 0 Å². The van der Waals surface area contributed by atoms with Gasteiger partial charge in [-0.05, 0) is 60.8 Å². The van der Waals surface area contributed by atoms with E-state index in [9.17, 15) is 0 Å². The van der Waals surface area contributed by atoms with E-state index in [1.165, 1.54) is 44.1 Å². The molecule has 0 heterocycles. The van der Waals surface area contributed by atoms with Crippen molar-refractivity contribution in [3.8, 4) is 0 Å². The van der Waals surface area contributed by atoms with Gasteiger partial charge >= 0.3 is 0 Å². The highest BCUT2D eigenvalue weighted by atomic mass is 14.2. The van der Waals surface area contributed by atoms with Crippen LogP contribution in [-0.4, -0.2) is 0 Å². The van der Waals surface area contributed by atoms with E-state index in [0.717, 1.165) is 0 Å². The molecule has 0 aromatic heterocycles. The summed E-state index contributed by atoms with van der Waals surface area (Å²) in [7, 11) is 0. The van der Waals surface area contributed by atoms with Gasteiger partial charge in [0.15, 0.2) is 0 Å². The lowest BCUT2D eigenvalue weighted by Crippen LogP contribution is -2.08. The average molecular weight is 210 g/mol. The second-order valence-corrected chi connectivity index (χ2v) is 4.80. The quantitative estimate of drug-likeness (QED) is 0.606. The van der Waals surface area contributed by atoms with Crippen molar-refractivity contribution >= 4 is 5.57 Å². The van der Waals surface area contributed by atoms with Crippen molar-refractivity contribution in [2.24, 2.45) is 0 Å².